The summed E-state index contributed by atoms with van der Waals surface area (Å²) in [6.07, 6.45) is 0. The number of halogens is 2. The highest BCUT2D eigenvalue weighted by Gasteiger charge is 2.25. The third-order valence-electron chi connectivity index (χ3n) is 0.506. The van der Waals surface area contributed by atoms with E-state index in [2.05, 4.69) is 0 Å². The van der Waals surface area contributed by atoms with Crippen molar-refractivity contribution in [1.29, 1.82) is 0 Å². The minimum atomic E-state index is -2.26. The summed E-state index contributed by atoms with van der Waals surface area (Å²) in [6, 6.07) is 0. The van der Waals surface area contributed by atoms with E-state index in [1.165, 1.54) is 6.92 Å². The smallest absolute Gasteiger partial charge is 0.260 e. The summed E-state index contributed by atoms with van der Waals surface area (Å²) < 4.78 is 0. The van der Waals surface area contributed by atoms with Gasteiger partial charge in [0, 0.05) is 0 Å². The van der Waals surface area contributed by atoms with Crippen LogP contribution in [0.1, 0.15) is 6.92 Å². The van der Waals surface area contributed by atoms with Crippen LogP contribution in [0.4, 0.5) is 0 Å². The standard InChI is InChI=1S/C3H6Cl2O2/c1-2(4)3(5,6)7/h2,6-7H,1H3. The molecule has 0 bridgehead atoms. The SMILES string of the molecule is CC(Cl)C(O)(O)Cl. The average Bonchev–Trinajstić information content (AvgIpc) is 1.31. The molecule has 1 unspecified atom stereocenters. The van der Waals surface area contributed by atoms with Gasteiger partial charge < -0.3 is 10.2 Å². The van der Waals surface area contributed by atoms with Crippen LogP contribution in [0.15, 0.2) is 0 Å². The van der Waals surface area contributed by atoms with Gasteiger partial charge in [-0.15, -0.1) is 11.6 Å². The van der Waals surface area contributed by atoms with E-state index < -0.39 is 10.6 Å². The van der Waals surface area contributed by atoms with Gasteiger partial charge in [0.05, 0.1) is 5.38 Å². The number of alkyl halides is 2. The Morgan fingerprint density at radius 1 is 1.57 bits per heavy atom. The van der Waals surface area contributed by atoms with E-state index in [1.54, 1.807) is 0 Å². The lowest BCUT2D eigenvalue weighted by Crippen LogP contribution is -2.29. The first-order valence-electron chi connectivity index (χ1n) is 1.72. The van der Waals surface area contributed by atoms with Crippen LogP contribution in [0.25, 0.3) is 0 Å². The van der Waals surface area contributed by atoms with E-state index in [9.17, 15) is 0 Å². The Labute approximate surface area is 51.7 Å². The molecule has 2 N–H and O–H groups in total. The first-order chi connectivity index (χ1) is 2.94. The molecule has 0 aromatic heterocycles. The van der Waals surface area contributed by atoms with E-state index in [0.717, 1.165) is 0 Å². The van der Waals surface area contributed by atoms with Gasteiger partial charge in [-0.25, -0.2) is 0 Å². The molecule has 7 heavy (non-hydrogen) atoms. The minimum Gasteiger partial charge on any atom is -0.352 e. The lowest BCUT2D eigenvalue weighted by Gasteiger charge is -2.13. The molecule has 0 spiro atoms. The molecule has 0 aromatic rings. The third-order valence-corrected chi connectivity index (χ3v) is 1.25. The van der Waals surface area contributed by atoms with Crippen molar-refractivity contribution in [3.8, 4) is 0 Å². The normalized spacial score (nSPS) is 16.7. The van der Waals surface area contributed by atoms with Crippen LogP contribution < -0.4 is 0 Å². The van der Waals surface area contributed by atoms with Crippen molar-refractivity contribution in [3.63, 3.8) is 0 Å². The van der Waals surface area contributed by atoms with Gasteiger partial charge in [-0.1, -0.05) is 11.6 Å². The fourth-order valence-corrected chi connectivity index (χ4v) is 0. The monoisotopic (exact) mass is 144 g/mol. The number of hydrogen-bond donors (Lipinski definition) is 2. The molecule has 0 saturated carbocycles. The molecule has 0 heterocycles. The molecule has 1 atom stereocenters. The van der Waals surface area contributed by atoms with Crippen molar-refractivity contribution in [2.45, 2.75) is 17.5 Å². The molecule has 0 saturated heterocycles. The van der Waals surface area contributed by atoms with Gasteiger partial charge >= 0.3 is 0 Å². The van der Waals surface area contributed by atoms with E-state index in [-0.39, 0.29) is 0 Å². The zero-order valence-electron chi connectivity index (χ0n) is 3.73. The van der Waals surface area contributed by atoms with Crippen LogP contribution in [-0.4, -0.2) is 20.8 Å². The summed E-state index contributed by atoms with van der Waals surface area (Å²) in [5.41, 5.74) is 0. The van der Waals surface area contributed by atoms with Gasteiger partial charge in [0.15, 0.2) is 0 Å². The number of aliphatic hydroxyl groups is 2. The topological polar surface area (TPSA) is 40.5 Å². The molecule has 44 valence electrons. The quantitative estimate of drug-likeness (QED) is 0.416. The molecule has 4 heteroatoms. The molecule has 0 amide bonds. The number of hydrogen-bond acceptors (Lipinski definition) is 2. The van der Waals surface area contributed by atoms with Crippen molar-refractivity contribution in [3.05, 3.63) is 0 Å². The second kappa shape index (κ2) is 2.18. The fraction of sp³-hybridized carbons (Fsp3) is 1.00. The Kier molecular flexibility index (Phi) is 2.33. The van der Waals surface area contributed by atoms with Gasteiger partial charge in [0.25, 0.3) is 5.25 Å². The van der Waals surface area contributed by atoms with Gasteiger partial charge in [0.1, 0.15) is 0 Å². The van der Waals surface area contributed by atoms with Crippen LogP contribution in [0.3, 0.4) is 0 Å². The van der Waals surface area contributed by atoms with Crippen molar-refractivity contribution < 1.29 is 10.2 Å². The zero-order valence-corrected chi connectivity index (χ0v) is 5.24. The van der Waals surface area contributed by atoms with E-state index in [4.69, 9.17) is 33.4 Å². The van der Waals surface area contributed by atoms with E-state index >= 15 is 0 Å². The molecule has 0 aliphatic heterocycles. The summed E-state index contributed by atoms with van der Waals surface area (Å²) in [5, 5.41) is 13.5. The van der Waals surface area contributed by atoms with Crippen LogP contribution in [0.5, 0.6) is 0 Å². The summed E-state index contributed by atoms with van der Waals surface area (Å²) in [6.45, 7) is 1.38. The lowest BCUT2D eigenvalue weighted by atomic mass is 10.5. The first-order valence-corrected chi connectivity index (χ1v) is 2.53. The van der Waals surface area contributed by atoms with Gasteiger partial charge in [-0.3, -0.25) is 0 Å². The predicted octanol–water partition coefficient (Wildman–Crippen LogP) is 0.491. The highest BCUT2D eigenvalue weighted by atomic mass is 35.5. The van der Waals surface area contributed by atoms with Crippen LogP contribution in [0.2, 0.25) is 0 Å². The van der Waals surface area contributed by atoms with Gasteiger partial charge in [-0.05, 0) is 6.92 Å². The van der Waals surface area contributed by atoms with E-state index in [1.807, 2.05) is 0 Å². The lowest BCUT2D eigenvalue weighted by molar-refractivity contribution is -0.0825. The Hall–Kier alpha value is 0.500. The largest absolute Gasteiger partial charge is 0.352 e. The Balaban J connectivity index is 3.54. The molecule has 0 rings (SSSR count). The van der Waals surface area contributed by atoms with Crippen molar-refractivity contribution in [2.24, 2.45) is 0 Å². The second-order valence-corrected chi connectivity index (χ2v) is 2.46. The van der Waals surface area contributed by atoms with Gasteiger partial charge in [-0.2, -0.15) is 0 Å². The highest BCUT2D eigenvalue weighted by molar-refractivity contribution is 6.30. The van der Waals surface area contributed by atoms with Crippen LogP contribution in [-0.2, 0) is 0 Å². The fourth-order valence-electron chi connectivity index (χ4n) is 0. The maximum Gasteiger partial charge on any atom is 0.260 e. The molecular formula is C3H6Cl2O2. The summed E-state index contributed by atoms with van der Waals surface area (Å²) in [4.78, 5) is 0. The molecule has 0 radical (unpaired) electrons. The summed E-state index contributed by atoms with van der Waals surface area (Å²) >= 11 is 9.97. The van der Waals surface area contributed by atoms with Gasteiger partial charge in [0.2, 0.25) is 0 Å². The van der Waals surface area contributed by atoms with Crippen molar-refractivity contribution in [1.82, 2.24) is 0 Å². The number of rotatable bonds is 1. The maximum atomic E-state index is 8.28. The van der Waals surface area contributed by atoms with E-state index in [0.29, 0.717) is 0 Å². The Morgan fingerprint density at radius 3 is 1.71 bits per heavy atom. The van der Waals surface area contributed by atoms with Crippen LogP contribution >= 0.6 is 23.2 Å². The molecule has 0 aliphatic rings. The van der Waals surface area contributed by atoms with Crippen molar-refractivity contribution >= 4 is 23.2 Å². The van der Waals surface area contributed by atoms with Crippen LogP contribution in [0, 0.1) is 0 Å². The second-order valence-electron chi connectivity index (χ2n) is 1.25. The predicted molar refractivity (Wildman–Crippen MR) is 28.3 cm³/mol. The van der Waals surface area contributed by atoms with Crippen molar-refractivity contribution in [2.75, 3.05) is 0 Å². The Bertz CT molecular complexity index is 56.4. The first kappa shape index (κ1) is 7.50. The summed E-state index contributed by atoms with van der Waals surface area (Å²) in [7, 11) is 0. The minimum absolute atomic E-state index is 0.853. The third kappa shape index (κ3) is 3.12. The highest BCUT2D eigenvalue weighted by Crippen LogP contribution is 2.15. The Morgan fingerprint density at radius 2 is 1.71 bits per heavy atom. The molecular weight excluding hydrogens is 139 g/mol. The molecule has 0 aromatic carbocycles. The summed E-state index contributed by atoms with van der Waals surface area (Å²) in [5.74, 6) is 0. The molecule has 2 nitrogen and oxygen atoms in total. The zero-order chi connectivity index (χ0) is 6.08. The average molecular weight is 145 g/mol. The molecule has 0 aliphatic carbocycles. The maximum absolute atomic E-state index is 8.28. The molecule has 0 fully saturated rings.